The Morgan fingerprint density at radius 2 is 1.91 bits per heavy atom. The number of aryl methyl sites for hydroxylation is 2. The van der Waals surface area contributed by atoms with Gasteiger partial charge in [0.25, 0.3) is 11.7 Å². The van der Waals surface area contributed by atoms with Gasteiger partial charge in [0.1, 0.15) is 11.5 Å². The quantitative estimate of drug-likeness (QED) is 0.371. The molecule has 33 heavy (non-hydrogen) atoms. The zero-order chi connectivity index (χ0) is 22.9. The summed E-state index contributed by atoms with van der Waals surface area (Å²) in [6.45, 7) is 2.85. The molecular weight excluding hydrogens is 416 g/mol. The molecule has 0 bridgehead atoms. The first-order chi connectivity index (χ1) is 16.0. The number of likely N-dealkylation sites (tertiary alicyclic amines) is 1. The van der Waals surface area contributed by atoms with E-state index in [1.165, 1.54) is 4.90 Å². The molecule has 6 heteroatoms. The van der Waals surface area contributed by atoms with Gasteiger partial charge in [-0.25, -0.2) is 0 Å². The maximum atomic E-state index is 13.3. The highest BCUT2D eigenvalue weighted by molar-refractivity contribution is 6.46. The lowest BCUT2D eigenvalue weighted by atomic mass is 9.91. The Kier molecular flexibility index (Phi) is 5.42. The number of benzene rings is 2. The minimum absolute atomic E-state index is 0.111. The van der Waals surface area contributed by atoms with Crippen molar-refractivity contribution in [3.63, 3.8) is 0 Å². The number of rotatable bonds is 4. The van der Waals surface area contributed by atoms with Crippen LogP contribution >= 0.6 is 0 Å². The molecule has 1 atom stereocenters. The number of ether oxygens (including phenoxy) is 1. The molecule has 2 aliphatic heterocycles. The molecule has 3 heterocycles. The number of amides is 1. The van der Waals surface area contributed by atoms with E-state index in [-0.39, 0.29) is 17.9 Å². The van der Waals surface area contributed by atoms with Gasteiger partial charge >= 0.3 is 0 Å². The number of aromatic nitrogens is 1. The van der Waals surface area contributed by atoms with Crippen molar-refractivity contribution in [2.75, 3.05) is 6.61 Å². The molecule has 0 saturated carbocycles. The third-order valence-electron chi connectivity index (χ3n) is 6.31. The normalized spacial score (nSPS) is 19.3. The molecule has 166 valence electrons. The Balaban J connectivity index is 1.65. The van der Waals surface area contributed by atoms with Crippen molar-refractivity contribution < 1.29 is 19.4 Å². The minimum Gasteiger partial charge on any atom is -0.507 e. The first-order valence-corrected chi connectivity index (χ1v) is 11.0. The van der Waals surface area contributed by atoms with E-state index in [1.807, 2.05) is 55.5 Å². The van der Waals surface area contributed by atoms with E-state index >= 15 is 0 Å². The molecule has 1 amide bonds. The highest BCUT2D eigenvalue weighted by Gasteiger charge is 2.46. The fourth-order valence-electron chi connectivity index (χ4n) is 4.61. The second-order valence-corrected chi connectivity index (χ2v) is 8.41. The van der Waals surface area contributed by atoms with Gasteiger partial charge in [-0.3, -0.25) is 14.6 Å². The van der Waals surface area contributed by atoms with E-state index in [1.54, 1.807) is 18.5 Å². The van der Waals surface area contributed by atoms with E-state index in [0.29, 0.717) is 12.2 Å². The molecule has 0 spiro atoms. The van der Waals surface area contributed by atoms with E-state index in [9.17, 15) is 14.7 Å². The van der Waals surface area contributed by atoms with Gasteiger partial charge in [0.05, 0.1) is 18.2 Å². The molecular formula is C27H24N2O4. The van der Waals surface area contributed by atoms with Gasteiger partial charge in [0.15, 0.2) is 0 Å². The number of hydrogen-bond donors (Lipinski definition) is 1. The Bertz CT molecular complexity index is 1270. The van der Waals surface area contributed by atoms with Crippen molar-refractivity contribution in [2.45, 2.75) is 32.4 Å². The van der Waals surface area contributed by atoms with Crippen LogP contribution in [0.3, 0.4) is 0 Å². The van der Waals surface area contributed by atoms with Crippen LogP contribution in [0, 0.1) is 6.92 Å². The number of fused-ring (bicyclic) bond motifs is 1. The molecule has 0 aliphatic carbocycles. The minimum atomic E-state index is -0.688. The summed E-state index contributed by atoms with van der Waals surface area (Å²) in [5.74, 6) is -0.662. The summed E-state index contributed by atoms with van der Waals surface area (Å²) in [4.78, 5) is 32.0. The molecule has 2 aliphatic rings. The lowest BCUT2D eigenvalue weighted by molar-refractivity contribution is -0.140. The van der Waals surface area contributed by atoms with Crippen LogP contribution < -0.4 is 4.74 Å². The van der Waals surface area contributed by atoms with Crippen LogP contribution in [0.5, 0.6) is 5.75 Å². The number of pyridine rings is 1. The van der Waals surface area contributed by atoms with Crippen LogP contribution in [-0.2, 0) is 22.6 Å². The summed E-state index contributed by atoms with van der Waals surface area (Å²) in [7, 11) is 0. The summed E-state index contributed by atoms with van der Waals surface area (Å²) in [6.07, 6.45) is 5.05. The SMILES string of the molecule is Cc1ccccc1C1/C(=C(\O)c2ccc3c(c2)CCCO3)C(=O)C(=O)N1Cc1ccncc1. The van der Waals surface area contributed by atoms with Crippen LogP contribution in [0.1, 0.15) is 40.3 Å². The summed E-state index contributed by atoms with van der Waals surface area (Å²) >= 11 is 0. The topological polar surface area (TPSA) is 79.7 Å². The average Bonchev–Trinajstić information content (AvgIpc) is 3.09. The van der Waals surface area contributed by atoms with Gasteiger partial charge in [-0.2, -0.15) is 0 Å². The molecule has 1 fully saturated rings. The number of aliphatic hydroxyl groups is 1. The predicted molar refractivity (Wildman–Crippen MR) is 124 cm³/mol. The Hall–Kier alpha value is -3.93. The molecule has 1 N–H and O–H groups in total. The van der Waals surface area contributed by atoms with Gasteiger partial charge in [-0.05, 0) is 72.4 Å². The summed E-state index contributed by atoms with van der Waals surface area (Å²) in [5.41, 5.74) is 4.22. The number of aliphatic hydroxyl groups excluding tert-OH is 1. The average molecular weight is 440 g/mol. The summed E-state index contributed by atoms with van der Waals surface area (Å²) in [6, 6.07) is 16.0. The van der Waals surface area contributed by atoms with Crippen LogP contribution in [0.15, 0.2) is 72.6 Å². The first-order valence-electron chi connectivity index (χ1n) is 11.0. The monoisotopic (exact) mass is 440 g/mol. The smallest absolute Gasteiger partial charge is 0.295 e. The van der Waals surface area contributed by atoms with Crippen molar-refractivity contribution in [1.29, 1.82) is 0 Å². The van der Waals surface area contributed by atoms with Gasteiger partial charge < -0.3 is 14.7 Å². The van der Waals surface area contributed by atoms with Crippen LogP contribution in [0.4, 0.5) is 0 Å². The fraction of sp³-hybridized carbons (Fsp3) is 0.222. The van der Waals surface area contributed by atoms with Crippen molar-refractivity contribution in [3.8, 4) is 5.75 Å². The molecule has 2 aromatic carbocycles. The van der Waals surface area contributed by atoms with Gasteiger partial charge in [-0.15, -0.1) is 0 Å². The highest BCUT2D eigenvalue weighted by atomic mass is 16.5. The van der Waals surface area contributed by atoms with E-state index in [2.05, 4.69) is 4.98 Å². The second-order valence-electron chi connectivity index (χ2n) is 8.41. The maximum absolute atomic E-state index is 13.3. The van der Waals surface area contributed by atoms with Crippen LogP contribution in [0.25, 0.3) is 5.76 Å². The molecule has 1 unspecified atom stereocenters. The van der Waals surface area contributed by atoms with Crippen LogP contribution in [0.2, 0.25) is 0 Å². The van der Waals surface area contributed by atoms with Crippen molar-refractivity contribution in [2.24, 2.45) is 0 Å². The third kappa shape index (κ3) is 3.78. The summed E-state index contributed by atoms with van der Waals surface area (Å²) in [5, 5.41) is 11.3. The zero-order valence-corrected chi connectivity index (χ0v) is 18.3. The van der Waals surface area contributed by atoms with Gasteiger partial charge in [0.2, 0.25) is 0 Å². The highest BCUT2D eigenvalue weighted by Crippen LogP contribution is 2.41. The molecule has 3 aromatic rings. The van der Waals surface area contributed by atoms with E-state index in [0.717, 1.165) is 40.8 Å². The number of carbonyl (C=O) groups is 2. The molecule has 5 rings (SSSR count). The Morgan fingerprint density at radius 1 is 1.12 bits per heavy atom. The fourth-order valence-corrected chi connectivity index (χ4v) is 4.61. The van der Waals surface area contributed by atoms with Crippen molar-refractivity contribution >= 4 is 17.4 Å². The number of hydrogen-bond acceptors (Lipinski definition) is 5. The van der Waals surface area contributed by atoms with E-state index < -0.39 is 17.7 Å². The van der Waals surface area contributed by atoms with Crippen LogP contribution in [-0.4, -0.2) is 33.3 Å². The number of nitrogens with zero attached hydrogens (tertiary/aromatic N) is 2. The standard InChI is InChI=1S/C27H24N2O4/c1-17-5-2-3-7-21(17)24-23(25(30)20-8-9-22-19(15-20)6-4-14-33-22)26(31)27(32)29(24)16-18-10-12-28-13-11-18/h2-3,5,7-13,15,24,30H,4,6,14,16H2,1H3/b25-23+. The lowest BCUT2D eigenvalue weighted by Gasteiger charge is -2.26. The zero-order valence-electron chi connectivity index (χ0n) is 18.3. The predicted octanol–water partition coefficient (Wildman–Crippen LogP) is 4.34. The lowest BCUT2D eigenvalue weighted by Crippen LogP contribution is -2.29. The van der Waals surface area contributed by atoms with Crippen molar-refractivity contribution in [1.82, 2.24) is 9.88 Å². The molecule has 1 aromatic heterocycles. The van der Waals surface area contributed by atoms with E-state index in [4.69, 9.17) is 4.74 Å². The van der Waals surface area contributed by atoms with Crippen molar-refractivity contribution in [3.05, 3.63) is 100 Å². The molecule has 6 nitrogen and oxygen atoms in total. The number of carbonyl (C=O) groups excluding carboxylic acids is 2. The Labute approximate surface area is 192 Å². The number of Topliss-reactive ketones (excluding diaryl/α,β-unsaturated/α-hetero) is 1. The largest absolute Gasteiger partial charge is 0.507 e. The Morgan fingerprint density at radius 3 is 2.70 bits per heavy atom. The maximum Gasteiger partial charge on any atom is 0.295 e. The first kappa shape index (κ1) is 20.9. The molecule has 1 saturated heterocycles. The third-order valence-corrected chi connectivity index (χ3v) is 6.31. The second kappa shape index (κ2) is 8.54. The van der Waals surface area contributed by atoms with Gasteiger partial charge in [-0.1, -0.05) is 24.3 Å². The molecule has 0 radical (unpaired) electrons. The van der Waals surface area contributed by atoms with Gasteiger partial charge in [0, 0.05) is 24.5 Å². The number of ketones is 1. The summed E-state index contributed by atoms with van der Waals surface area (Å²) < 4.78 is 5.68.